The molecule has 1 aromatic carbocycles. The van der Waals surface area contributed by atoms with E-state index in [1.54, 1.807) is 5.57 Å². The zero-order chi connectivity index (χ0) is 10.3. The monoisotopic (exact) mass is 194 g/mol. The van der Waals surface area contributed by atoms with Gasteiger partial charge in [0.05, 0.1) is 0 Å². The lowest BCUT2D eigenvalue weighted by molar-refractivity contribution is 1.10. The molecule has 0 saturated carbocycles. The van der Waals surface area contributed by atoms with E-state index in [1.165, 1.54) is 22.3 Å². The molecule has 0 amide bonds. The topological polar surface area (TPSA) is 0 Å². The molecule has 0 aliphatic heterocycles. The number of hydrogen-bond donors (Lipinski definition) is 0. The zero-order valence-electron chi connectivity index (χ0n) is 8.96. The molecule has 0 heteroatoms. The minimum absolute atomic E-state index is 1.11. The average Bonchev–Trinajstić information content (AvgIpc) is 2.42. The Labute approximate surface area is 90.6 Å². The van der Waals surface area contributed by atoms with Gasteiger partial charge in [-0.05, 0) is 36.5 Å². The van der Waals surface area contributed by atoms with Gasteiger partial charge in [0.2, 0.25) is 0 Å². The summed E-state index contributed by atoms with van der Waals surface area (Å²) in [5, 5.41) is 0. The second kappa shape index (κ2) is 3.23. The van der Waals surface area contributed by atoms with Crippen LogP contribution in [-0.2, 0) is 6.42 Å². The van der Waals surface area contributed by atoms with Crippen molar-refractivity contribution in [1.82, 2.24) is 0 Å². The molecule has 0 bridgehead atoms. The van der Waals surface area contributed by atoms with Crippen LogP contribution in [0.25, 0.3) is 5.57 Å². The molecular weight excluding hydrogens is 180 g/mol. The first-order valence-electron chi connectivity index (χ1n) is 5.50. The maximum absolute atomic E-state index is 2.32. The highest BCUT2D eigenvalue weighted by Crippen LogP contribution is 2.36. The molecule has 74 valence electrons. The van der Waals surface area contributed by atoms with Gasteiger partial charge in [0.15, 0.2) is 0 Å². The maximum Gasteiger partial charge on any atom is -0.00485 e. The summed E-state index contributed by atoms with van der Waals surface area (Å²) in [5.74, 6) is 0. The van der Waals surface area contributed by atoms with Crippen LogP contribution in [0.4, 0.5) is 0 Å². The predicted octanol–water partition coefficient (Wildman–Crippen LogP) is 3.82. The summed E-state index contributed by atoms with van der Waals surface area (Å²) in [4.78, 5) is 0. The average molecular weight is 194 g/mol. The van der Waals surface area contributed by atoms with E-state index in [4.69, 9.17) is 0 Å². The highest BCUT2D eigenvalue weighted by molar-refractivity contribution is 5.83. The molecule has 0 unspecified atom stereocenters. The van der Waals surface area contributed by atoms with Crippen LogP contribution >= 0.6 is 0 Å². The summed E-state index contributed by atoms with van der Waals surface area (Å²) < 4.78 is 0. The van der Waals surface area contributed by atoms with Crippen LogP contribution < -0.4 is 0 Å². The zero-order valence-corrected chi connectivity index (χ0v) is 8.96. The molecular formula is C15H14. The number of rotatable bonds is 0. The Hall–Kier alpha value is -1.56. The van der Waals surface area contributed by atoms with Crippen LogP contribution in [0.3, 0.4) is 0 Å². The van der Waals surface area contributed by atoms with Crippen molar-refractivity contribution < 1.29 is 0 Å². The number of hydrogen-bond acceptors (Lipinski definition) is 0. The molecule has 0 radical (unpaired) electrons. The fourth-order valence-corrected chi connectivity index (χ4v) is 2.48. The first-order chi connectivity index (χ1) is 7.34. The molecule has 15 heavy (non-hydrogen) atoms. The molecule has 3 rings (SSSR count). The van der Waals surface area contributed by atoms with Gasteiger partial charge in [-0.3, -0.25) is 0 Å². The number of benzene rings is 1. The summed E-state index contributed by atoms with van der Waals surface area (Å²) in [6.07, 6.45) is 11.0. The molecule has 2 aliphatic carbocycles. The van der Waals surface area contributed by atoms with Crippen LogP contribution in [-0.4, -0.2) is 0 Å². The molecule has 0 aromatic heterocycles. The van der Waals surface area contributed by atoms with Crippen molar-refractivity contribution in [2.45, 2.75) is 19.8 Å². The molecule has 0 saturated heterocycles. The molecule has 2 aliphatic rings. The first-order valence-corrected chi connectivity index (χ1v) is 5.50. The van der Waals surface area contributed by atoms with Crippen molar-refractivity contribution in [3.63, 3.8) is 0 Å². The lowest BCUT2D eigenvalue weighted by atomic mass is 10.0. The van der Waals surface area contributed by atoms with E-state index in [2.05, 4.69) is 49.4 Å². The second-order valence-electron chi connectivity index (χ2n) is 4.35. The normalized spacial score (nSPS) is 17.7. The van der Waals surface area contributed by atoms with Gasteiger partial charge in [-0.1, -0.05) is 53.6 Å². The van der Waals surface area contributed by atoms with E-state index in [-0.39, 0.29) is 0 Å². The minimum Gasteiger partial charge on any atom is -0.0804 e. The van der Waals surface area contributed by atoms with Crippen LogP contribution in [0.15, 0.2) is 48.1 Å². The highest BCUT2D eigenvalue weighted by atomic mass is 14.2. The summed E-state index contributed by atoms with van der Waals surface area (Å²) >= 11 is 0. The van der Waals surface area contributed by atoms with Gasteiger partial charge in [0.25, 0.3) is 0 Å². The summed E-state index contributed by atoms with van der Waals surface area (Å²) in [5.41, 5.74) is 7.33. The van der Waals surface area contributed by atoms with E-state index in [0.29, 0.717) is 0 Å². The molecule has 0 fully saturated rings. The Morgan fingerprint density at radius 1 is 1.13 bits per heavy atom. The molecule has 0 atom stereocenters. The van der Waals surface area contributed by atoms with Crippen LogP contribution in [0, 0.1) is 6.92 Å². The summed E-state index contributed by atoms with van der Waals surface area (Å²) in [6.45, 7) is 2.17. The Balaban J connectivity index is 2.13. The van der Waals surface area contributed by atoms with Gasteiger partial charge >= 0.3 is 0 Å². The van der Waals surface area contributed by atoms with Gasteiger partial charge in [-0.15, -0.1) is 0 Å². The van der Waals surface area contributed by atoms with E-state index >= 15 is 0 Å². The van der Waals surface area contributed by atoms with Crippen molar-refractivity contribution in [2.75, 3.05) is 0 Å². The fraction of sp³-hybridized carbons (Fsp3) is 0.200. The third kappa shape index (κ3) is 1.37. The van der Waals surface area contributed by atoms with Gasteiger partial charge in [-0.2, -0.15) is 0 Å². The number of aryl methyl sites for hydroxylation is 1. The Kier molecular flexibility index (Phi) is 1.88. The van der Waals surface area contributed by atoms with E-state index in [1.807, 2.05) is 0 Å². The van der Waals surface area contributed by atoms with Crippen LogP contribution in [0.2, 0.25) is 0 Å². The van der Waals surface area contributed by atoms with Crippen molar-refractivity contribution in [3.05, 3.63) is 64.8 Å². The third-order valence-corrected chi connectivity index (χ3v) is 3.21. The molecule has 0 spiro atoms. The minimum atomic E-state index is 1.11. The molecule has 0 heterocycles. The molecule has 1 aromatic rings. The van der Waals surface area contributed by atoms with Gasteiger partial charge in [-0.25, -0.2) is 0 Å². The Bertz CT molecular complexity index is 499. The van der Waals surface area contributed by atoms with Gasteiger partial charge in [0.1, 0.15) is 0 Å². The Morgan fingerprint density at radius 2 is 2.07 bits per heavy atom. The third-order valence-electron chi connectivity index (χ3n) is 3.21. The van der Waals surface area contributed by atoms with Gasteiger partial charge < -0.3 is 0 Å². The second-order valence-corrected chi connectivity index (χ2v) is 4.35. The van der Waals surface area contributed by atoms with Crippen molar-refractivity contribution in [3.8, 4) is 0 Å². The quantitative estimate of drug-likeness (QED) is 0.589. The van der Waals surface area contributed by atoms with Crippen molar-refractivity contribution >= 4 is 5.57 Å². The fourth-order valence-electron chi connectivity index (χ4n) is 2.48. The largest absolute Gasteiger partial charge is 0.0804 e. The van der Waals surface area contributed by atoms with E-state index in [9.17, 15) is 0 Å². The summed E-state index contributed by atoms with van der Waals surface area (Å²) in [7, 11) is 0. The number of fused-ring (bicyclic) bond motifs is 2. The smallest absolute Gasteiger partial charge is 0.00485 e. The number of allylic oxidation sites excluding steroid dienone is 6. The maximum atomic E-state index is 2.32. The van der Waals surface area contributed by atoms with Crippen LogP contribution in [0.5, 0.6) is 0 Å². The lowest BCUT2D eigenvalue weighted by Gasteiger charge is -2.02. The lowest BCUT2D eigenvalue weighted by Crippen LogP contribution is -1.85. The predicted molar refractivity (Wildman–Crippen MR) is 64.7 cm³/mol. The summed E-state index contributed by atoms with van der Waals surface area (Å²) in [6, 6.07) is 6.80. The van der Waals surface area contributed by atoms with E-state index < -0.39 is 0 Å². The Morgan fingerprint density at radius 3 is 3.00 bits per heavy atom. The van der Waals surface area contributed by atoms with E-state index in [0.717, 1.165) is 12.8 Å². The standard InChI is InChI=1S/C15H14/c1-11-7-8-15-13(9-11)10-12-5-3-2-4-6-14(12)15/h2-4,6-9H,5,10H2,1H3. The first kappa shape index (κ1) is 8.72. The highest BCUT2D eigenvalue weighted by Gasteiger charge is 2.19. The van der Waals surface area contributed by atoms with Crippen molar-refractivity contribution in [2.24, 2.45) is 0 Å². The van der Waals surface area contributed by atoms with Crippen LogP contribution in [0.1, 0.15) is 23.1 Å². The SMILES string of the molecule is Cc1ccc2c(c1)CC1=C2C=CC=CC1. The van der Waals surface area contributed by atoms with Gasteiger partial charge in [0, 0.05) is 0 Å². The molecule has 0 nitrogen and oxygen atoms in total. The molecule has 0 N–H and O–H groups in total. The van der Waals surface area contributed by atoms with Crippen molar-refractivity contribution in [1.29, 1.82) is 0 Å².